The van der Waals surface area contributed by atoms with E-state index in [1.165, 1.54) is 0 Å². The molecule has 94 valence electrons. The molecule has 0 spiro atoms. The van der Waals surface area contributed by atoms with Crippen molar-refractivity contribution in [2.45, 2.75) is 26.7 Å². The minimum atomic E-state index is 0.0124. The van der Waals surface area contributed by atoms with Gasteiger partial charge in [-0.15, -0.1) is 0 Å². The van der Waals surface area contributed by atoms with Crippen LogP contribution in [0.4, 0.5) is 5.69 Å². The van der Waals surface area contributed by atoms with Crippen LogP contribution in [-0.4, -0.2) is 5.91 Å². The maximum absolute atomic E-state index is 11.8. The van der Waals surface area contributed by atoms with Crippen molar-refractivity contribution < 1.29 is 9.21 Å². The van der Waals surface area contributed by atoms with Crippen LogP contribution in [0.15, 0.2) is 40.8 Å². The number of para-hydroxylation sites is 1. The minimum absolute atomic E-state index is 0.0124. The third-order valence-corrected chi connectivity index (χ3v) is 2.81. The van der Waals surface area contributed by atoms with Crippen LogP contribution >= 0.6 is 0 Å². The summed E-state index contributed by atoms with van der Waals surface area (Å²) in [5.74, 6) is 1.75. The van der Waals surface area contributed by atoms with E-state index in [2.05, 4.69) is 5.32 Å². The summed E-state index contributed by atoms with van der Waals surface area (Å²) in [4.78, 5) is 11.8. The molecule has 1 N–H and O–H groups in total. The van der Waals surface area contributed by atoms with E-state index in [4.69, 9.17) is 4.42 Å². The van der Waals surface area contributed by atoms with E-state index < -0.39 is 0 Å². The van der Waals surface area contributed by atoms with E-state index in [0.717, 1.165) is 22.8 Å². The van der Waals surface area contributed by atoms with Gasteiger partial charge in [-0.3, -0.25) is 4.79 Å². The first-order valence-electron chi connectivity index (χ1n) is 6.06. The Kier molecular flexibility index (Phi) is 3.82. The van der Waals surface area contributed by atoms with Gasteiger partial charge in [-0.25, -0.2) is 0 Å². The van der Waals surface area contributed by atoms with Gasteiger partial charge < -0.3 is 9.73 Å². The van der Waals surface area contributed by atoms with Gasteiger partial charge in [-0.05, 0) is 37.6 Å². The zero-order chi connectivity index (χ0) is 13.0. The summed E-state index contributed by atoms with van der Waals surface area (Å²) < 4.78 is 5.43. The summed E-state index contributed by atoms with van der Waals surface area (Å²) in [5.41, 5.74) is 1.94. The summed E-state index contributed by atoms with van der Waals surface area (Å²) >= 11 is 0. The number of carbonyl (C=O) groups is 1. The van der Waals surface area contributed by atoms with Gasteiger partial charge in [0.1, 0.15) is 11.5 Å². The molecule has 0 aliphatic carbocycles. The largest absolute Gasteiger partial charge is 0.466 e. The fourth-order valence-corrected chi connectivity index (χ4v) is 1.78. The van der Waals surface area contributed by atoms with Gasteiger partial charge in [0.05, 0.1) is 0 Å². The van der Waals surface area contributed by atoms with Crippen LogP contribution in [0.2, 0.25) is 0 Å². The highest BCUT2D eigenvalue weighted by Crippen LogP contribution is 2.14. The van der Waals surface area contributed by atoms with Crippen LogP contribution in [0.1, 0.15) is 23.5 Å². The molecule has 1 heterocycles. The highest BCUT2D eigenvalue weighted by molar-refractivity contribution is 5.91. The van der Waals surface area contributed by atoms with Crippen molar-refractivity contribution in [1.82, 2.24) is 0 Å². The van der Waals surface area contributed by atoms with Crippen LogP contribution in [0.25, 0.3) is 0 Å². The Balaban J connectivity index is 1.88. The first kappa shape index (κ1) is 12.4. The molecule has 3 heteroatoms. The zero-order valence-electron chi connectivity index (χ0n) is 10.7. The van der Waals surface area contributed by atoms with Gasteiger partial charge in [0.25, 0.3) is 0 Å². The smallest absolute Gasteiger partial charge is 0.224 e. The normalized spacial score (nSPS) is 10.3. The van der Waals surface area contributed by atoms with Gasteiger partial charge in [0.2, 0.25) is 5.91 Å². The molecule has 1 amide bonds. The van der Waals surface area contributed by atoms with Crippen LogP contribution < -0.4 is 5.32 Å². The maximum Gasteiger partial charge on any atom is 0.224 e. The number of furan rings is 1. The third kappa shape index (κ3) is 3.23. The number of aryl methyl sites for hydroxylation is 3. The van der Waals surface area contributed by atoms with Crippen molar-refractivity contribution in [2.75, 3.05) is 5.32 Å². The molecule has 2 rings (SSSR count). The molecule has 3 nitrogen and oxygen atoms in total. The van der Waals surface area contributed by atoms with E-state index in [-0.39, 0.29) is 5.91 Å². The molecule has 0 bridgehead atoms. The number of carbonyl (C=O) groups excluding carboxylic acids is 1. The van der Waals surface area contributed by atoms with E-state index in [1.807, 2.05) is 50.2 Å². The summed E-state index contributed by atoms with van der Waals surface area (Å²) in [6.07, 6.45) is 1.06. The highest BCUT2D eigenvalue weighted by atomic mass is 16.3. The van der Waals surface area contributed by atoms with Crippen LogP contribution in [0.3, 0.4) is 0 Å². The first-order valence-corrected chi connectivity index (χ1v) is 6.06. The Morgan fingerprint density at radius 3 is 2.61 bits per heavy atom. The van der Waals surface area contributed by atoms with Crippen molar-refractivity contribution in [3.63, 3.8) is 0 Å². The quantitative estimate of drug-likeness (QED) is 0.893. The monoisotopic (exact) mass is 243 g/mol. The molecule has 0 unspecified atom stereocenters. The van der Waals surface area contributed by atoms with Crippen molar-refractivity contribution in [3.8, 4) is 0 Å². The summed E-state index contributed by atoms with van der Waals surface area (Å²) in [6.45, 7) is 3.88. The lowest BCUT2D eigenvalue weighted by molar-refractivity contribution is -0.116. The molecule has 0 saturated heterocycles. The molecule has 18 heavy (non-hydrogen) atoms. The van der Waals surface area contributed by atoms with Gasteiger partial charge >= 0.3 is 0 Å². The number of amides is 1. The second kappa shape index (κ2) is 5.54. The number of rotatable bonds is 4. The predicted molar refractivity (Wildman–Crippen MR) is 71.6 cm³/mol. The fraction of sp³-hybridized carbons (Fsp3) is 0.267. The van der Waals surface area contributed by atoms with Gasteiger partial charge in [0.15, 0.2) is 0 Å². The molecule has 0 fully saturated rings. The van der Waals surface area contributed by atoms with E-state index in [9.17, 15) is 4.79 Å². The summed E-state index contributed by atoms with van der Waals surface area (Å²) in [6, 6.07) is 11.6. The molecule has 0 atom stereocenters. The molecule has 0 aliphatic rings. The topological polar surface area (TPSA) is 42.2 Å². The molecular weight excluding hydrogens is 226 g/mol. The Morgan fingerprint density at radius 2 is 1.94 bits per heavy atom. The number of hydrogen-bond acceptors (Lipinski definition) is 2. The molecule has 0 saturated carbocycles. The Bertz CT molecular complexity index is 543. The second-order valence-electron chi connectivity index (χ2n) is 4.38. The lowest BCUT2D eigenvalue weighted by Gasteiger charge is -2.07. The molecule has 0 aliphatic heterocycles. The van der Waals surface area contributed by atoms with Gasteiger partial charge in [0, 0.05) is 18.5 Å². The first-order chi connectivity index (χ1) is 8.65. The molecule has 1 aromatic heterocycles. The number of hydrogen-bond donors (Lipinski definition) is 1. The van der Waals surface area contributed by atoms with E-state index in [1.54, 1.807) is 0 Å². The van der Waals surface area contributed by atoms with Crippen molar-refractivity contribution in [2.24, 2.45) is 0 Å². The lowest BCUT2D eigenvalue weighted by atomic mass is 10.2. The zero-order valence-corrected chi connectivity index (χ0v) is 10.7. The summed E-state index contributed by atoms with van der Waals surface area (Å²) in [5, 5.41) is 2.91. The molecule has 0 radical (unpaired) electrons. The minimum Gasteiger partial charge on any atom is -0.466 e. The predicted octanol–water partition coefficient (Wildman–Crippen LogP) is 3.47. The number of anilines is 1. The standard InChI is InChI=1S/C15H17NO2/c1-11-5-3-4-6-14(11)16-15(17)10-9-13-8-7-12(2)18-13/h3-8H,9-10H2,1-2H3,(H,16,17). The number of benzene rings is 1. The molecular formula is C15H17NO2. The van der Waals surface area contributed by atoms with Crippen LogP contribution in [0, 0.1) is 13.8 Å². The maximum atomic E-state index is 11.8. The van der Waals surface area contributed by atoms with Gasteiger partial charge in [-0.1, -0.05) is 18.2 Å². The molecule has 1 aromatic carbocycles. The van der Waals surface area contributed by atoms with E-state index >= 15 is 0 Å². The number of nitrogens with one attached hydrogen (secondary N) is 1. The van der Waals surface area contributed by atoms with Crippen molar-refractivity contribution >= 4 is 11.6 Å². The van der Waals surface area contributed by atoms with Crippen molar-refractivity contribution in [1.29, 1.82) is 0 Å². The Labute approximate surface area is 107 Å². The van der Waals surface area contributed by atoms with Gasteiger partial charge in [-0.2, -0.15) is 0 Å². The average molecular weight is 243 g/mol. The third-order valence-electron chi connectivity index (χ3n) is 2.81. The Morgan fingerprint density at radius 1 is 1.17 bits per heavy atom. The lowest BCUT2D eigenvalue weighted by Crippen LogP contribution is -2.12. The fourth-order valence-electron chi connectivity index (χ4n) is 1.78. The van der Waals surface area contributed by atoms with Crippen LogP contribution in [0.5, 0.6) is 0 Å². The second-order valence-corrected chi connectivity index (χ2v) is 4.38. The average Bonchev–Trinajstić information content (AvgIpc) is 2.76. The highest BCUT2D eigenvalue weighted by Gasteiger charge is 2.06. The van der Waals surface area contributed by atoms with Crippen LogP contribution in [-0.2, 0) is 11.2 Å². The van der Waals surface area contributed by atoms with E-state index in [0.29, 0.717) is 12.8 Å². The molecule has 2 aromatic rings. The SMILES string of the molecule is Cc1ccc(CCC(=O)Nc2ccccc2C)o1. The Hall–Kier alpha value is -2.03. The van der Waals surface area contributed by atoms with Crippen molar-refractivity contribution in [3.05, 3.63) is 53.5 Å². The summed E-state index contributed by atoms with van der Waals surface area (Å²) in [7, 11) is 0.